The Bertz CT molecular complexity index is 980. The SMILES string of the molecule is Cc1cc(C)cc(-c2cc(C)cn2-c2ccc(S(N)(=O)=O)cc2)c1. The molecule has 0 saturated heterocycles. The van der Waals surface area contributed by atoms with Crippen molar-refractivity contribution in [3.05, 3.63) is 71.4 Å². The van der Waals surface area contributed by atoms with Crippen LogP contribution in [-0.4, -0.2) is 13.0 Å². The average Bonchev–Trinajstić information content (AvgIpc) is 2.87. The van der Waals surface area contributed by atoms with Crippen molar-refractivity contribution in [1.82, 2.24) is 4.57 Å². The van der Waals surface area contributed by atoms with Gasteiger partial charge in [-0.15, -0.1) is 0 Å². The molecule has 3 rings (SSSR count). The average molecular weight is 340 g/mol. The Morgan fingerprint density at radius 1 is 0.833 bits per heavy atom. The molecule has 1 heterocycles. The van der Waals surface area contributed by atoms with Crippen LogP contribution in [0.4, 0.5) is 0 Å². The standard InChI is InChI=1S/C19H20N2O2S/c1-13-8-14(2)10-16(9-13)19-11-15(3)12-21(19)17-4-6-18(7-5-17)24(20,22)23/h4-12H,1-3H3,(H2,20,22,23). The molecule has 5 heteroatoms. The van der Waals surface area contributed by atoms with Crippen LogP contribution in [0.5, 0.6) is 0 Å². The van der Waals surface area contributed by atoms with Crippen molar-refractivity contribution >= 4 is 10.0 Å². The zero-order valence-corrected chi connectivity index (χ0v) is 14.8. The van der Waals surface area contributed by atoms with Gasteiger partial charge in [0.25, 0.3) is 0 Å². The van der Waals surface area contributed by atoms with Gasteiger partial charge in [0, 0.05) is 11.9 Å². The number of sulfonamides is 1. The predicted molar refractivity (Wildman–Crippen MR) is 96.8 cm³/mol. The monoisotopic (exact) mass is 340 g/mol. The highest BCUT2D eigenvalue weighted by Gasteiger charge is 2.11. The Balaban J connectivity index is 2.13. The van der Waals surface area contributed by atoms with Gasteiger partial charge in [0.15, 0.2) is 0 Å². The predicted octanol–water partition coefficient (Wildman–Crippen LogP) is 3.72. The minimum absolute atomic E-state index is 0.114. The molecule has 24 heavy (non-hydrogen) atoms. The highest BCUT2D eigenvalue weighted by atomic mass is 32.2. The number of aromatic nitrogens is 1. The summed E-state index contributed by atoms with van der Waals surface area (Å²) >= 11 is 0. The first kappa shape index (κ1) is 16.5. The number of hydrogen-bond donors (Lipinski definition) is 1. The number of aryl methyl sites for hydroxylation is 3. The minimum atomic E-state index is -3.68. The summed E-state index contributed by atoms with van der Waals surface area (Å²) in [6.07, 6.45) is 2.04. The Kier molecular flexibility index (Phi) is 4.07. The molecular weight excluding hydrogens is 320 g/mol. The quantitative estimate of drug-likeness (QED) is 0.790. The zero-order valence-electron chi connectivity index (χ0n) is 13.9. The summed E-state index contributed by atoms with van der Waals surface area (Å²) in [4.78, 5) is 0.114. The van der Waals surface area contributed by atoms with E-state index in [2.05, 4.69) is 42.7 Å². The van der Waals surface area contributed by atoms with Gasteiger partial charge >= 0.3 is 0 Å². The van der Waals surface area contributed by atoms with Crippen molar-refractivity contribution in [1.29, 1.82) is 0 Å². The maximum absolute atomic E-state index is 11.4. The van der Waals surface area contributed by atoms with E-state index in [1.165, 1.54) is 23.3 Å². The third kappa shape index (κ3) is 3.27. The van der Waals surface area contributed by atoms with E-state index >= 15 is 0 Å². The molecule has 0 atom stereocenters. The molecule has 0 spiro atoms. The van der Waals surface area contributed by atoms with Crippen LogP contribution in [0.15, 0.2) is 59.6 Å². The lowest BCUT2D eigenvalue weighted by atomic mass is 10.0. The van der Waals surface area contributed by atoms with Gasteiger partial charge < -0.3 is 4.57 Å². The van der Waals surface area contributed by atoms with Crippen molar-refractivity contribution < 1.29 is 8.42 Å². The van der Waals surface area contributed by atoms with E-state index in [1.54, 1.807) is 12.1 Å². The number of primary sulfonamides is 1. The molecular formula is C19H20N2O2S. The Morgan fingerprint density at radius 2 is 1.42 bits per heavy atom. The number of nitrogens with zero attached hydrogens (tertiary/aromatic N) is 1. The summed E-state index contributed by atoms with van der Waals surface area (Å²) in [5.41, 5.74) is 6.66. The van der Waals surface area contributed by atoms with Gasteiger partial charge in [-0.2, -0.15) is 0 Å². The maximum atomic E-state index is 11.4. The van der Waals surface area contributed by atoms with Gasteiger partial charge in [0.2, 0.25) is 10.0 Å². The molecule has 0 aliphatic carbocycles. The Labute approximate surface area is 142 Å². The Hall–Kier alpha value is -2.37. The number of hydrogen-bond acceptors (Lipinski definition) is 2. The van der Waals surface area contributed by atoms with Crippen LogP contribution in [0.25, 0.3) is 16.9 Å². The third-order valence-electron chi connectivity index (χ3n) is 3.92. The van der Waals surface area contributed by atoms with E-state index in [1.807, 2.05) is 13.1 Å². The second-order valence-electron chi connectivity index (χ2n) is 6.19. The lowest BCUT2D eigenvalue weighted by Crippen LogP contribution is -2.12. The van der Waals surface area contributed by atoms with Crippen LogP contribution in [0.2, 0.25) is 0 Å². The molecule has 0 aliphatic heterocycles. The number of rotatable bonds is 3. The minimum Gasteiger partial charge on any atom is -0.316 e. The molecule has 0 amide bonds. The van der Waals surface area contributed by atoms with Crippen LogP contribution in [-0.2, 0) is 10.0 Å². The maximum Gasteiger partial charge on any atom is 0.238 e. The fraction of sp³-hybridized carbons (Fsp3) is 0.158. The van der Waals surface area contributed by atoms with E-state index in [-0.39, 0.29) is 4.90 Å². The van der Waals surface area contributed by atoms with Gasteiger partial charge in [-0.3, -0.25) is 0 Å². The van der Waals surface area contributed by atoms with Gasteiger partial charge in [-0.1, -0.05) is 17.2 Å². The number of benzene rings is 2. The third-order valence-corrected chi connectivity index (χ3v) is 4.85. The van der Waals surface area contributed by atoms with Crippen molar-refractivity contribution in [2.24, 2.45) is 5.14 Å². The molecule has 0 fully saturated rings. The van der Waals surface area contributed by atoms with Crippen LogP contribution < -0.4 is 5.14 Å². The Morgan fingerprint density at radius 3 is 1.96 bits per heavy atom. The molecule has 3 aromatic rings. The van der Waals surface area contributed by atoms with Crippen LogP contribution in [0.1, 0.15) is 16.7 Å². The topological polar surface area (TPSA) is 65.1 Å². The molecule has 0 unspecified atom stereocenters. The summed E-state index contributed by atoms with van der Waals surface area (Å²) in [6, 6.07) is 15.2. The molecule has 124 valence electrons. The highest BCUT2D eigenvalue weighted by molar-refractivity contribution is 7.89. The first-order valence-electron chi connectivity index (χ1n) is 7.65. The van der Waals surface area contributed by atoms with E-state index in [9.17, 15) is 8.42 Å². The van der Waals surface area contributed by atoms with Gasteiger partial charge in [-0.05, 0) is 74.4 Å². The van der Waals surface area contributed by atoms with Crippen molar-refractivity contribution in [3.63, 3.8) is 0 Å². The normalized spacial score (nSPS) is 11.7. The summed E-state index contributed by atoms with van der Waals surface area (Å²) in [6.45, 7) is 6.20. The lowest BCUT2D eigenvalue weighted by molar-refractivity contribution is 0.598. The molecule has 0 bridgehead atoms. The molecule has 0 saturated carbocycles. The first-order valence-corrected chi connectivity index (χ1v) is 9.19. The summed E-state index contributed by atoms with van der Waals surface area (Å²) in [5.74, 6) is 0. The second-order valence-corrected chi connectivity index (χ2v) is 7.75. The largest absolute Gasteiger partial charge is 0.316 e. The second kappa shape index (κ2) is 5.92. The van der Waals surface area contributed by atoms with Crippen molar-refractivity contribution in [2.75, 3.05) is 0 Å². The fourth-order valence-electron chi connectivity index (χ4n) is 2.95. The van der Waals surface area contributed by atoms with Crippen LogP contribution in [0.3, 0.4) is 0 Å². The molecule has 0 aliphatic rings. The van der Waals surface area contributed by atoms with Gasteiger partial charge in [0.1, 0.15) is 0 Å². The van der Waals surface area contributed by atoms with Crippen molar-refractivity contribution in [3.8, 4) is 16.9 Å². The molecule has 2 N–H and O–H groups in total. The van der Waals surface area contributed by atoms with Gasteiger partial charge in [-0.25, -0.2) is 13.6 Å². The lowest BCUT2D eigenvalue weighted by Gasteiger charge is -2.11. The summed E-state index contributed by atoms with van der Waals surface area (Å²) < 4.78 is 24.9. The van der Waals surface area contributed by atoms with E-state index in [0.29, 0.717) is 0 Å². The van der Waals surface area contributed by atoms with Crippen LogP contribution in [0, 0.1) is 20.8 Å². The van der Waals surface area contributed by atoms with E-state index in [4.69, 9.17) is 5.14 Å². The molecule has 2 aromatic carbocycles. The fourth-order valence-corrected chi connectivity index (χ4v) is 3.47. The molecule has 0 radical (unpaired) electrons. The first-order chi connectivity index (χ1) is 11.2. The summed E-state index contributed by atoms with van der Waals surface area (Å²) in [5, 5.41) is 5.17. The van der Waals surface area contributed by atoms with E-state index < -0.39 is 10.0 Å². The van der Waals surface area contributed by atoms with E-state index in [0.717, 1.165) is 22.5 Å². The van der Waals surface area contributed by atoms with Crippen LogP contribution >= 0.6 is 0 Å². The summed E-state index contributed by atoms with van der Waals surface area (Å²) in [7, 11) is -3.68. The molecule has 1 aromatic heterocycles. The molecule has 4 nitrogen and oxygen atoms in total. The smallest absolute Gasteiger partial charge is 0.238 e. The number of nitrogens with two attached hydrogens (primary N) is 1. The van der Waals surface area contributed by atoms with Gasteiger partial charge in [0.05, 0.1) is 10.6 Å². The van der Waals surface area contributed by atoms with Crippen molar-refractivity contribution in [2.45, 2.75) is 25.7 Å². The highest BCUT2D eigenvalue weighted by Crippen LogP contribution is 2.28. The zero-order chi connectivity index (χ0) is 17.5.